The van der Waals surface area contributed by atoms with Crippen LogP contribution in [-0.4, -0.2) is 36.2 Å². The summed E-state index contributed by atoms with van der Waals surface area (Å²) < 4.78 is 0. The Kier molecular flexibility index (Phi) is 6.63. The van der Waals surface area contributed by atoms with Gasteiger partial charge in [0.2, 0.25) is 0 Å². The summed E-state index contributed by atoms with van der Waals surface area (Å²) in [4.78, 5) is 2.07. The van der Waals surface area contributed by atoms with Crippen molar-refractivity contribution < 1.29 is 5.11 Å². The Morgan fingerprint density at radius 1 is 1.33 bits per heavy atom. The molecule has 15 heavy (non-hydrogen) atoms. The summed E-state index contributed by atoms with van der Waals surface area (Å²) in [5.41, 5.74) is -0.792. The van der Waals surface area contributed by atoms with Crippen molar-refractivity contribution in [3.8, 4) is 11.8 Å². The molecule has 0 aliphatic rings. The molecule has 0 radical (unpaired) electrons. The molecule has 2 heteroatoms. The Morgan fingerprint density at radius 2 is 1.93 bits per heavy atom. The van der Waals surface area contributed by atoms with E-state index in [0.717, 1.165) is 19.4 Å². The van der Waals surface area contributed by atoms with Crippen LogP contribution in [0.15, 0.2) is 0 Å². The normalized spacial score (nSPS) is 14.9. The minimum Gasteiger partial charge on any atom is -0.378 e. The molecule has 0 aliphatic carbocycles. The van der Waals surface area contributed by atoms with Gasteiger partial charge in [0.15, 0.2) is 0 Å². The maximum Gasteiger partial charge on any atom is 0.126 e. The Hall–Kier alpha value is -0.520. The number of rotatable bonds is 5. The third kappa shape index (κ3) is 7.41. The van der Waals surface area contributed by atoms with E-state index in [4.69, 9.17) is 0 Å². The van der Waals surface area contributed by atoms with Gasteiger partial charge in [0, 0.05) is 19.4 Å². The molecule has 0 heterocycles. The SMILES string of the molecule is CCC(O)(C#CCC(C)C)CCN(C)C. The second kappa shape index (κ2) is 6.87. The van der Waals surface area contributed by atoms with E-state index in [2.05, 4.69) is 30.6 Å². The van der Waals surface area contributed by atoms with Gasteiger partial charge in [0.25, 0.3) is 0 Å². The molecular formula is C13H25NO. The predicted octanol–water partition coefficient (Wildman–Crippen LogP) is 2.13. The third-order valence-electron chi connectivity index (χ3n) is 2.39. The van der Waals surface area contributed by atoms with Crippen molar-refractivity contribution in [2.75, 3.05) is 20.6 Å². The van der Waals surface area contributed by atoms with Crippen molar-refractivity contribution in [1.29, 1.82) is 0 Å². The van der Waals surface area contributed by atoms with Crippen LogP contribution in [0.3, 0.4) is 0 Å². The summed E-state index contributed by atoms with van der Waals surface area (Å²) in [5.74, 6) is 6.67. The highest BCUT2D eigenvalue weighted by molar-refractivity contribution is 5.13. The van der Waals surface area contributed by atoms with E-state index >= 15 is 0 Å². The highest BCUT2D eigenvalue weighted by atomic mass is 16.3. The Labute approximate surface area is 94.7 Å². The van der Waals surface area contributed by atoms with E-state index in [1.54, 1.807) is 0 Å². The van der Waals surface area contributed by atoms with Gasteiger partial charge in [-0.3, -0.25) is 0 Å². The van der Waals surface area contributed by atoms with E-state index < -0.39 is 5.60 Å². The standard InChI is InChI=1S/C13H25NO/c1-6-13(15,10-11-14(4)5)9-7-8-12(2)3/h12,15H,6,8,10-11H2,1-5H3. The zero-order valence-corrected chi connectivity index (χ0v) is 10.8. The maximum atomic E-state index is 10.2. The largest absolute Gasteiger partial charge is 0.378 e. The zero-order valence-electron chi connectivity index (χ0n) is 10.8. The summed E-state index contributed by atoms with van der Waals surface area (Å²) in [7, 11) is 4.02. The lowest BCUT2D eigenvalue weighted by Gasteiger charge is -2.22. The summed E-state index contributed by atoms with van der Waals surface area (Å²) in [6.07, 6.45) is 2.29. The van der Waals surface area contributed by atoms with E-state index in [1.807, 2.05) is 21.0 Å². The average Bonchev–Trinajstić information content (AvgIpc) is 2.14. The number of nitrogens with zero attached hydrogens (tertiary/aromatic N) is 1. The summed E-state index contributed by atoms with van der Waals surface area (Å²) in [6.45, 7) is 7.14. The molecule has 0 aromatic heterocycles. The topological polar surface area (TPSA) is 23.5 Å². The first kappa shape index (κ1) is 14.5. The molecule has 88 valence electrons. The zero-order chi connectivity index (χ0) is 11.9. The van der Waals surface area contributed by atoms with Gasteiger partial charge in [-0.15, -0.1) is 5.92 Å². The van der Waals surface area contributed by atoms with Gasteiger partial charge in [-0.2, -0.15) is 0 Å². The highest BCUT2D eigenvalue weighted by Gasteiger charge is 2.21. The van der Waals surface area contributed by atoms with Gasteiger partial charge < -0.3 is 10.0 Å². The van der Waals surface area contributed by atoms with Crippen LogP contribution in [0.2, 0.25) is 0 Å². The third-order valence-corrected chi connectivity index (χ3v) is 2.39. The number of hydrogen-bond donors (Lipinski definition) is 1. The molecule has 0 spiro atoms. The second-order valence-electron chi connectivity index (χ2n) is 4.84. The minimum atomic E-state index is -0.792. The molecule has 0 saturated carbocycles. The lowest BCUT2D eigenvalue weighted by Crippen LogP contribution is -2.30. The Morgan fingerprint density at radius 3 is 2.33 bits per heavy atom. The molecule has 2 nitrogen and oxygen atoms in total. The van der Waals surface area contributed by atoms with Crippen LogP contribution in [0.4, 0.5) is 0 Å². The monoisotopic (exact) mass is 211 g/mol. The van der Waals surface area contributed by atoms with Crippen LogP contribution < -0.4 is 0 Å². The van der Waals surface area contributed by atoms with Gasteiger partial charge in [-0.25, -0.2) is 0 Å². The summed E-state index contributed by atoms with van der Waals surface area (Å²) in [6, 6.07) is 0. The molecule has 0 aliphatic heterocycles. The highest BCUT2D eigenvalue weighted by Crippen LogP contribution is 2.14. The second-order valence-corrected chi connectivity index (χ2v) is 4.84. The van der Waals surface area contributed by atoms with Crippen LogP contribution in [0.1, 0.15) is 40.0 Å². The van der Waals surface area contributed by atoms with Crippen molar-refractivity contribution in [1.82, 2.24) is 4.90 Å². The maximum absolute atomic E-state index is 10.2. The van der Waals surface area contributed by atoms with Crippen LogP contribution in [-0.2, 0) is 0 Å². The van der Waals surface area contributed by atoms with E-state index in [0.29, 0.717) is 12.3 Å². The predicted molar refractivity (Wildman–Crippen MR) is 65.6 cm³/mol. The van der Waals surface area contributed by atoms with Crippen molar-refractivity contribution >= 4 is 0 Å². The Bertz CT molecular complexity index is 224. The number of aliphatic hydroxyl groups is 1. The van der Waals surface area contributed by atoms with Crippen molar-refractivity contribution in [3.63, 3.8) is 0 Å². The quantitative estimate of drug-likeness (QED) is 0.704. The smallest absolute Gasteiger partial charge is 0.126 e. The lowest BCUT2D eigenvalue weighted by molar-refractivity contribution is 0.0790. The van der Waals surface area contributed by atoms with Gasteiger partial charge >= 0.3 is 0 Å². The molecular weight excluding hydrogens is 186 g/mol. The molecule has 1 N–H and O–H groups in total. The molecule has 0 aromatic carbocycles. The fraction of sp³-hybridized carbons (Fsp3) is 0.846. The van der Waals surface area contributed by atoms with E-state index in [9.17, 15) is 5.11 Å². The molecule has 0 rings (SSSR count). The van der Waals surface area contributed by atoms with Gasteiger partial charge in [-0.05, 0) is 26.4 Å². The molecule has 0 aromatic rings. The average molecular weight is 211 g/mol. The first-order valence-electron chi connectivity index (χ1n) is 5.76. The minimum absolute atomic E-state index is 0.576. The molecule has 0 saturated heterocycles. The molecule has 1 atom stereocenters. The van der Waals surface area contributed by atoms with Crippen molar-refractivity contribution in [3.05, 3.63) is 0 Å². The fourth-order valence-electron chi connectivity index (χ4n) is 1.16. The van der Waals surface area contributed by atoms with Crippen LogP contribution >= 0.6 is 0 Å². The molecule has 0 amide bonds. The first-order valence-corrected chi connectivity index (χ1v) is 5.76. The molecule has 0 bridgehead atoms. The van der Waals surface area contributed by atoms with Gasteiger partial charge in [0.1, 0.15) is 5.60 Å². The van der Waals surface area contributed by atoms with Gasteiger partial charge in [0.05, 0.1) is 0 Å². The summed E-state index contributed by atoms with van der Waals surface area (Å²) >= 11 is 0. The fourth-order valence-corrected chi connectivity index (χ4v) is 1.16. The van der Waals surface area contributed by atoms with Crippen molar-refractivity contribution in [2.24, 2.45) is 5.92 Å². The molecule has 1 unspecified atom stereocenters. The lowest BCUT2D eigenvalue weighted by atomic mass is 9.96. The number of hydrogen-bond acceptors (Lipinski definition) is 2. The van der Waals surface area contributed by atoms with Gasteiger partial charge in [-0.1, -0.05) is 26.7 Å². The van der Waals surface area contributed by atoms with Crippen LogP contribution in [0.5, 0.6) is 0 Å². The Balaban J connectivity index is 4.21. The van der Waals surface area contributed by atoms with Crippen LogP contribution in [0.25, 0.3) is 0 Å². The summed E-state index contributed by atoms with van der Waals surface area (Å²) in [5, 5.41) is 10.2. The first-order chi connectivity index (χ1) is 6.89. The van der Waals surface area contributed by atoms with Crippen molar-refractivity contribution in [2.45, 2.75) is 45.6 Å². The molecule has 0 fully saturated rings. The van der Waals surface area contributed by atoms with Crippen LogP contribution in [0, 0.1) is 17.8 Å². The van der Waals surface area contributed by atoms with E-state index in [1.165, 1.54) is 0 Å². The van der Waals surface area contributed by atoms with E-state index in [-0.39, 0.29) is 0 Å².